The van der Waals surface area contributed by atoms with Crippen molar-refractivity contribution in [1.82, 2.24) is 4.98 Å². The molecule has 0 spiro atoms. The van der Waals surface area contributed by atoms with E-state index in [2.05, 4.69) is 17.1 Å². The zero-order valence-electron chi connectivity index (χ0n) is 7.08. The summed E-state index contributed by atoms with van der Waals surface area (Å²) in [5.41, 5.74) is 6.58. The molecule has 1 aromatic rings. The molecular formula is C9H12N2O. The lowest BCUT2D eigenvalue weighted by molar-refractivity contribution is 0.344. The van der Waals surface area contributed by atoms with Gasteiger partial charge in [-0.05, 0) is 19.8 Å². The molecule has 64 valence electrons. The second kappa shape index (κ2) is 2.45. The summed E-state index contributed by atoms with van der Waals surface area (Å²) in [7, 11) is 0. The van der Waals surface area contributed by atoms with Crippen LogP contribution < -0.4 is 5.73 Å². The number of hydrogen-bond acceptors (Lipinski definition) is 3. The molecule has 0 atom stereocenters. The van der Waals surface area contributed by atoms with Crippen molar-refractivity contribution in [2.45, 2.75) is 25.3 Å². The molecule has 0 bridgehead atoms. The summed E-state index contributed by atoms with van der Waals surface area (Å²) in [4.78, 5) is 4.23. The molecule has 0 aromatic carbocycles. The fraction of sp³-hybridized carbons (Fsp3) is 0.444. The highest BCUT2D eigenvalue weighted by Gasteiger charge is 2.32. The van der Waals surface area contributed by atoms with Crippen LogP contribution in [0.1, 0.15) is 24.4 Å². The minimum atomic E-state index is -0.381. The maximum absolute atomic E-state index is 6.07. The number of hydrogen-bond donors (Lipinski definition) is 1. The van der Waals surface area contributed by atoms with E-state index in [0.717, 1.165) is 18.5 Å². The van der Waals surface area contributed by atoms with Crippen molar-refractivity contribution in [3.05, 3.63) is 30.0 Å². The van der Waals surface area contributed by atoms with Crippen molar-refractivity contribution in [3.8, 4) is 0 Å². The first kappa shape index (κ1) is 7.55. The third kappa shape index (κ3) is 1.06. The maximum atomic E-state index is 6.07. The molecule has 1 aromatic heterocycles. The zero-order chi connectivity index (χ0) is 8.60. The predicted molar refractivity (Wildman–Crippen MR) is 45.5 cm³/mol. The van der Waals surface area contributed by atoms with Gasteiger partial charge >= 0.3 is 0 Å². The van der Waals surface area contributed by atoms with E-state index in [9.17, 15) is 0 Å². The van der Waals surface area contributed by atoms with E-state index < -0.39 is 0 Å². The summed E-state index contributed by atoms with van der Waals surface area (Å²) in [5.74, 6) is 0.657. The first-order valence-corrected chi connectivity index (χ1v) is 4.07. The van der Waals surface area contributed by atoms with Crippen LogP contribution in [0.2, 0.25) is 0 Å². The van der Waals surface area contributed by atoms with E-state index in [0.29, 0.717) is 5.89 Å². The Bertz CT molecular complexity index is 306. The van der Waals surface area contributed by atoms with Crippen LogP contribution in [-0.4, -0.2) is 4.98 Å². The number of aromatic nitrogens is 1. The van der Waals surface area contributed by atoms with Gasteiger partial charge in [0.15, 0.2) is 0 Å². The summed E-state index contributed by atoms with van der Waals surface area (Å²) in [6.45, 7) is 1.90. The molecule has 12 heavy (non-hydrogen) atoms. The van der Waals surface area contributed by atoms with Crippen LogP contribution in [0.3, 0.4) is 0 Å². The van der Waals surface area contributed by atoms with Gasteiger partial charge in [-0.25, -0.2) is 4.98 Å². The van der Waals surface area contributed by atoms with E-state index in [1.165, 1.54) is 0 Å². The third-order valence-electron chi connectivity index (χ3n) is 2.18. The minimum absolute atomic E-state index is 0.381. The summed E-state index contributed by atoms with van der Waals surface area (Å²) < 4.78 is 5.28. The number of nitrogens with two attached hydrogens (primary N) is 1. The van der Waals surface area contributed by atoms with Crippen molar-refractivity contribution in [2.75, 3.05) is 0 Å². The first-order valence-electron chi connectivity index (χ1n) is 4.07. The lowest BCUT2D eigenvalue weighted by atomic mass is 9.98. The van der Waals surface area contributed by atoms with Crippen LogP contribution >= 0.6 is 0 Å². The van der Waals surface area contributed by atoms with Crippen LogP contribution in [0.5, 0.6) is 0 Å². The molecule has 0 aliphatic heterocycles. The molecule has 1 heterocycles. The second-order valence-electron chi connectivity index (χ2n) is 3.33. The highest BCUT2D eigenvalue weighted by molar-refractivity contribution is 5.15. The van der Waals surface area contributed by atoms with Gasteiger partial charge in [-0.3, -0.25) is 0 Å². The molecule has 0 radical (unpaired) electrons. The number of rotatable bonds is 1. The van der Waals surface area contributed by atoms with Gasteiger partial charge in [0.2, 0.25) is 5.89 Å². The van der Waals surface area contributed by atoms with Gasteiger partial charge in [-0.2, -0.15) is 0 Å². The van der Waals surface area contributed by atoms with Gasteiger partial charge < -0.3 is 10.2 Å². The van der Waals surface area contributed by atoms with Crippen LogP contribution in [0.15, 0.2) is 22.8 Å². The molecule has 0 saturated heterocycles. The van der Waals surface area contributed by atoms with Gasteiger partial charge in [-0.15, -0.1) is 0 Å². The quantitative estimate of drug-likeness (QED) is 0.640. The minimum Gasteiger partial charge on any atom is -0.447 e. The maximum Gasteiger partial charge on any atom is 0.214 e. The van der Waals surface area contributed by atoms with Crippen molar-refractivity contribution < 1.29 is 4.42 Å². The second-order valence-corrected chi connectivity index (χ2v) is 3.33. The molecule has 0 fully saturated rings. The van der Waals surface area contributed by atoms with E-state index in [-0.39, 0.29) is 5.54 Å². The normalized spacial score (nSPS) is 20.2. The van der Waals surface area contributed by atoms with Gasteiger partial charge in [0, 0.05) is 0 Å². The zero-order valence-corrected chi connectivity index (χ0v) is 7.08. The first-order chi connectivity index (χ1) is 5.71. The van der Waals surface area contributed by atoms with Crippen LogP contribution in [-0.2, 0) is 5.54 Å². The Morgan fingerprint density at radius 2 is 2.17 bits per heavy atom. The highest BCUT2D eigenvalue weighted by atomic mass is 16.3. The molecule has 0 amide bonds. The molecule has 1 aliphatic carbocycles. The molecule has 1 aliphatic rings. The fourth-order valence-electron chi connectivity index (χ4n) is 1.43. The lowest BCUT2D eigenvalue weighted by Gasteiger charge is -2.18. The topological polar surface area (TPSA) is 52.0 Å². The smallest absolute Gasteiger partial charge is 0.214 e. The Hall–Kier alpha value is -1.09. The molecule has 3 nitrogen and oxygen atoms in total. The Labute approximate surface area is 71.3 Å². The summed E-state index contributed by atoms with van der Waals surface area (Å²) in [6, 6.07) is 0. The Morgan fingerprint density at radius 1 is 1.50 bits per heavy atom. The van der Waals surface area contributed by atoms with Gasteiger partial charge in [0.25, 0.3) is 0 Å². The summed E-state index contributed by atoms with van der Waals surface area (Å²) >= 11 is 0. The molecule has 3 heteroatoms. The van der Waals surface area contributed by atoms with Gasteiger partial charge in [0.1, 0.15) is 6.26 Å². The molecular weight excluding hydrogens is 152 g/mol. The van der Waals surface area contributed by atoms with Crippen LogP contribution in [0.25, 0.3) is 0 Å². The Balaban J connectivity index is 2.30. The Morgan fingerprint density at radius 3 is 2.67 bits per heavy atom. The largest absolute Gasteiger partial charge is 0.447 e. The van der Waals surface area contributed by atoms with Crippen molar-refractivity contribution in [2.24, 2.45) is 5.73 Å². The number of nitrogens with zero attached hydrogens (tertiary/aromatic N) is 1. The van der Waals surface area contributed by atoms with Crippen molar-refractivity contribution in [3.63, 3.8) is 0 Å². The average molecular weight is 164 g/mol. The number of aryl methyl sites for hydroxylation is 1. The third-order valence-corrected chi connectivity index (χ3v) is 2.18. The molecule has 2 rings (SSSR count). The highest BCUT2D eigenvalue weighted by Crippen LogP contribution is 2.30. The predicted octanol–water partition coefficient (Wildman–Crippen LogP) is 1.49. The van der Waals surface area contributed by atoms with Gasteiger partial charge in [-0.1, -0.05) is 12.2 Å². The number of oxazole rings is 1. The standard InChI is InChI=1S/C9H12N2O/c1-7-6-12-8(11-7)9(10)4-2-3-5-9/h2-3,6H,4-5,10H2,1H3. The van der Waals surface area contributed by atoms with E-state index in [1.54, 1.807) is 6.26 Å². The van der Waals surface area contributed by atoms with Crippen LogP contribution in [0, 0.1) is 6.92 Å². The average Bonchev–Trinajstić information content (AvgIpc) is 2.59. The van der Waals surface area contributed by atoms with Gasteiger partial charge in [0.05, 0.1) is 11.2 Å². The molecule has 0 unspecified atom stereocenters. The van der Waals surface area contributed by atoms with Crippen molar-refractivity contribution in [1.29, 1.82) is 0 Å². The Kier molecular flexibility index (Phi) is 1.54. The SMILES string of the molecule is Cc1coc(C2(N)CC=CC2)n1. The fourth-order valence-corrected chi connectivity index (χ4v) is 1.43. The van der Waals surface area contributed by atoms with Crippen LogP contribution in [0.4, 0.5) is 0 Å². The van der Waals surface area contributed by atoms with E-state index >= 15 is 0 Å². The van der Waals surface area contributed by atoms with Crippen molar-refractivity contribution >= 4 is 0 Å². The lowest BCUT2D eigenvalue weighted by Crippen LogP contribution is -2.33. The monoisotopic (exact) mass is 164 g/mol. The summed E-state index contributed by atoms with van der Waals surface area (Å²) in [6.07, 6.45) is 7.43. The summed E-state index contributed by atoms with van der Waals surface area (Å²) in [5, 5.41) is 0. The van der Waals surface area contributed by atoms with E-state index in [4.69, 9.17) is 10.2 Å². The molecule has 0 saturated carbocycles. The molecule has 2 N–H and O–H groups in total. The van der Waals surface area contributed by atoms with E-state index in [1.807, 2.05) is 6.92 Å².